The molecule has 1 atom stereocenters. The first-order valence-electron chi connectivity index (χ1n) is 6.85. The van der Waals surface area contributed by atoms with Crippen LogP contribution in [0.1, 0.15) is 26.3 Å². The number of benzene rings is 1. The Kier molecular flexibility index (Phi) is 4.93. The molecule has 2 rings (SSSR count). The summed E-state index contributed by atoms with van der Waals surface area (Å²) in [6, 6.07) is 4.13. The van der Waals surface area contributed by atoms with Crippen molar-refractivity contribution in [1.82, 2.24) is 0 Å². The molecule has 0 N–H and O–H groups in total. The zero-order valence-corrected chi connectivity index (χ0v) is 13.9. The van der Waals surface area contributed by atoms with Gasteiger partial charge in [-0.05, 0) is 39.0 Å². The van der Waals surface area contributed by atoms with E-state index in [9.17, 15) is 22.2 Å². The highest BCUT2D eigenvalue weighted by atomic mass is 32.2. The van der Waals surface area contributed by atoms with Crippen molar-refractivity contribution in [3.63, 3.8) is 0 Å². The molecule has 1 unspecified atom stereocenters. The molecule has 1 aliphatic heterocycles. The molecular formula is C15H15F3O5S. The summed E-state index contributed by atoms with van der Waals surface area (Å²) in [4.78, 5) is 11.9. The van der Waals surface area contributed by atoms with Crippen LogP contribution in [0.5, 0.6) is 11.5 Å². The largest absolute Gasteiger partial charge is 0.508 e. The maximum absolute atomic E-state index is 12.4. The van der Waals surface area contributed by atoms with Crippen molar-refractivity contribution in [3.8, 4) is 11.5 Å². The van der Waals surface area contributed by atoms with Crippen LogP contribution in [0.25, 0.3) is 5.76 Å². The monoisotopic (exact) mass is 364 g/mol. The number of hydrogen-bond donors (Lipinski definition) is 0. The first-order chi connectivity index (χ1) is 11.0. The molecule has 0 amide bonds. The lowest BCUT2D eigenvalue weighted by Crippen LogP contribution is -2.25. The van der Waals surface area contributed by atoms with Crippen LogP contribution in [0.15, 0.2) is 24.3 Å². The van der Waals surface area contributed by atoms with Crippen molar-refractivity contribution in [3.05, 3.63) is 29.8 Å². The van der Waals surface area contributed by atoms with Gasteiger partial charge < -0.3 is 13.7 Å². The molecule has 1 aromatic carbocycles. The number of alkyl halides is 3. The first-order valence-corrected chi connectivity index (χ1v) is 7.92. The second-order valence-corrected chi connectivity index (χ2v) is 7.04. The number of hydrogen-bond acceptors (Lipinski definition) is 5. The number of rotatable bonds is 3. The van der Waals surface area contributed by atoms with Crippen LogP contribution in [0.4, 0.5) is 13.2 Å². The van der Waals surface area contributed by atoms with Crippen LogP contribution in [-0.2, 0) is 20.1 Å². The van der Waals surface area contributed by atoms with Gasteiger partial charge in [-0.15, -0.1) is 0 Å². The lowest BCUT2D eigenvalue weighted by Gasteiger charge is -2.20. The van der Waals surface area contributed by atoms with E-state index in [1.807, 2.05) is 0 Å². The molecule has 0 spiro atoms. The van der Waals surface area contributed by atoms with Crippen molar-refractivity contribution >= 4 is 22.8 Å². The van der Waals surface area contributed by atoms with Gasteiger partial charge in [-0.25, -0.2) is 4.21 Å². The molecule has 0 bridgehead atoms. The summed E-state index contributed by atoms with van der Waals surface area (Å²) in [6.07, 6.45) is 1.24. The number of carbonyl (C=O) groups is 1. The maximum atomic E-state index is 12.4. The van der Waals surface area contributed by atoms with Gasteiger partial charge in [0.05, 0.1) is 11.0 Å². The second kappa shape index (κ2) is 6.46. The third-order valence-electron chi connectivity index (χ3n) is 2.90. The third-order valence-corrected chi connectivity index (χ3v) is 3.61. The summed E-state index contributed by atoms with van der Waals surface area (Å²) in [7, 11) is 0. The van der Waals surface area contributed by atoms with Crippen LogP contribution in [0, 0.1) is 5.41 Å². The van der Waals surface area contributed by atoms with Crippen LogP contribution in [0.3, 0.4) is 0 Å². The minimum Gasteiger partial charge on any atom is -0.488 e. The molecule has 0 saturated carbocycles. The topological polar surface area (TPSA) is 61.8 Å². The average Bonchev–Trinajstić information content (AvgIpc) is 2.45. The number of esters is 1. The Bertz CT molecular complexity index is 704. The van der Waals surface area contributed by atoms with Gasteiger partial charge in [0.2, 0.25) is 0 Å². The molecule has 1 heterocycles. The molecule has 24 heavy (non-hydrogen) atoms. The quantitative estimate of drug-likeness (QED) is 0.606. The Balaban J connectivity index is 2.21. The molecule has 0 fully saturated rings. The van der Waals surface area contributed by atoms with Crippen LogP contribution >= 0.6 is 0 Å². The number of ether oxygens (including phenoxy) is 2. The predicted octanol–water partition coefficient (Wildman–Crippen LogP) is 3.57. The standard InChI is InChI=1S/C15H15F3O5S/c1-14(2,3)13(19)22-9-4-5-10-11(6-7-21-12(10)8-9)23-24(20)15(16,17)18/h4-6,8H,7H2,1-3H3. The summed E-state index contributed by atoms with van der Waals surface area (Å²) >= 11 is -3.48. The number of halogens is 3. The summed E-state index contributed by atoms with van der Waals surface area (Å²) in [5.74, 6) is -0.318. The van der Waals surface area contributed by atoms with E-state index in [4.69, 9.17) is 9.47 Å². The molecule has 9 heteroatoms. The molecule has 1 aromatic rings. The highest BCUT2D eigenvalue weighted by Gasteiger charge is 2.41. The van der Waals surface area contributed by atoms with Crippen molar-refractivity contribution in [2.24, 2.45) is 5.41 Å². The lowest BCUT2D eigenvalue weighted by molar-refractivity contribution is -0.143. The molecule has 0 radical (unpaired) electrons. The Hall–Kier alpha value is -2.03. The Morgan fingerprint density at radius 1 is 1.25 bits per heavy atom. The second-order valence-electron chi connectivity index (χ2n) is 5.94. The summed E-state index contributed by atoms with van der Waals surface area (Å²) in [5, 5.41) is 0. The molecular weight excluding hydrogens is 349 g/mol. The third kappa shape index (κ3) is 4.28. The van der Waals surface area contributed by atoms with Gasteiger partial charge in [-0.2, -0.15) is 13.2 Å². The minimum atomic E-state index is -4.98. The van der Waals surface area contributed by atoms with Gasteiger partial charge in [-0.1, -0.05) is 0 Å². The summed E-state index contributed by atoms with van der Waals surface area (Å²) in [6.45, 7) is 5.00. The van der Waals surface area contributed by atoms with Crippen molar-refractivity contribution in [2.45, 2.75) is 26.3 Å². The van der Waals surface area contributed by atoms with Gasteiger partial charge in [0.25, 0.3) is 0 Å². The molecule has 1 aliphatic rings. The van der Waals surface area contributed by atoms with E-state index >= 15 is 0 Å². The van der Waals surface area contributed by atoms with E-state index < -0.39 is 28.0 Å². The van der Waals surface area contributed by atoms with Crippen LogP contribution in [0.2, 0.25) is 0 Å². The van der Waals surface area contributed by atoms with Gasteiger partial charge >= 0.3 is 22.6 Å². The fraction of sp³-hybridized carbons (Fsp3) is 0.400. The Labute approximate surface area is 139 Å². The molecule has 0 aromatic heterocycles. The van der Waals surface area contributed by atoms with Crippen molar-refractivity contribution < 1.29 is 35.8 Å². The predicted molar refractivity (Wildman–Crippen MR) is 80.3 cm³/mol. The Morgan fingerprint density at radius 2 is 1.92 bits per heavy atom. The Morgan fingerprint density at radius 3 is 2.50 bits per heavy atom. The van der Waals surface area contributed by atoms with Gasteiger partial charge in [0, 0.05) is 6.07 Å². The zero-order chi connectivity index (χ0) is 18.1. The van der Waals surface area contributed by atoms with Crippen molar-refractivity contribution in [2.75, 3.05) is 6.61 Å². The van der Waals surface area contributed by atoms with Crippen LogP contribution < -0.4 is 9.47 Å². The SMILES string of the molecule is CC(C)(C)C(=O)Oc1ccc2c(c1)OCC=C2OS(=O)C(F)(F)F. The molecule has 0 aliphatic carbocycles. The van der Waals surface area contributed by atoms with Gasteiger partial charge in [0.1, 0.15) is 18.1 Å². The maximum Gasteiger partial charge on any atom is 0.508 e. The lowest BCUT2D eigenvalue weighted by atomic mass is 9.97. The van der Waals surface area contributed by atoms with Crippen LogP contribution in [-0.4, -0.2) is 22.3 Å². The zero-order valence-electron chi connectivity index (χ0n) is 13.1. The molecule has 0 saturated heterocycles. The smallest absolute Gasteiger partial charge is 0.488 e. The van der Waals surface area contributed by atoms with E-state index in [-0.39, 0.29) is 29.4 Å². The summed E-state index contributed by atoms with van der Waals surface area (Å²) < 4.78 is 63.1. The highest BCUT2D eigenvalue weighted by Crippen LogP contribution is 2.36. The van der Waals surface area contributed by atoms with E-state index in [0.717, 1.165) is 0 Å². The van der Waals surface area contributed by atoms with Crippen molar-refractivity contribution in [1.29, 1.82) is 0 Å². The number of fused-ring (bicyclic) bond motifs is 1. The van der Waals surface area contributed by atoms with E-state index in [1.54, 1.807) is 20.8 Å². The van der Waals surface area contributed by atoms with Gasteiger partial charge in [0.15, 0.2) is 5.76 Å². The van der Waals surface area contributed by atoms with E-state index in [0.29, 0.717) is 0 Å². The fourth-order valence-corrected chi connectivity index (χ4v) is 2.09. The van der Waals surface area contributed by atoms with Gasteiger partial charge in [-0.3, -0.25) is 4.79 Å². The normalized spacial score (nSPS) is 15.7. The van der Waals surface area contributed by atoms with E-state index in [2.05, 4.69) is 4.18 Å². The summed E-state index contributed by atoms with van der Waals surface area (Å²) in [5.41, 5.74) is -5.51. The highest BCUT2D eigenvalue weighted by molar-refractivity contribution is 7.81. The fourth-order valence-electron chi connectivity index (χ4n) is 1.67. The number of carbonyl (C=O) groups excluding carboxylic acids is 1. The minimum absolute atomic E-state index is 0.0614. The molecule has 5 nitrogen and oxygen atoms in total. The van der Waals surface area contributed by atoms with E-state index in [1.165, 1.54) is 24.3 Å². The molecule has 132 valence electrons. The first kappa shape index (κ1) is 18.3. The average molecular weight is 364 g/mol.